The van der Waals surface area contributed by atoms with Crippen LogP contribution in [0.4, 0.5) is 10.2 Å². The number of anilines is 1. The second kappa shape index (κ2) is 9.33. The summed E-state index contributed by atoms with van der Waals surface area (Å²) in [5.41, 5.74) is 2.55. The van der Waals surface area contributed by atoms with Gasteiger partial charge in [0, 0.05) is 18.0 Å². The lowest BCUT2D eigenvalue weighted by Crippen LogP contribution is -2.40. The first-order chi connectivity index (χ1) is 15.6. The van der Waals surface area contributed by atoms with Gasteiger partial charge in [-0.25, -0.2) is 13.9 Å². The van der Waals surface area contributed by atoms with Crippen molar-refractivity contribution in [2.75, 3.05) is 30.9 Å². The van der Waals surface area contributed by atoms with Crippen molar-refractivity contribution in [1.82, 2.24) is 19.9 Å². The molecule has 2 aromatic heterocycles. The fourth-order valence-electron chi connectivity index (χ4n) is 4.62. The third-order valence-corrected chi connectivity index (χ3v) is 7.31. The molecule has 2 aliphatic heterocycles. The molecule has 4 heterocycles. The average Bonchev–Trinajstić information content (AvgIpc) is 3.46. The van der Waals surface area contributed by atoms with Crippen LogP contribution in [0.3, 0.4) is 0 Å². The van der Waals surface area contributed by atoms with Crippen LogP contribution >= 0.6 is 24.0 Å². The molecule has 168 valence electrons. The number of hydrogen-bond acceptors (Lipinski definition) is 6. The maximum atomic E-state index is 14.1. The minimum absolute atomic E-state index is 0.0922. The van der Waals surface area contributed by atoms with Crippen LogP contribution in [0, 0.1) is 5.82 Å². The van der Waals surface area contributed by atoms with Crippen molar-refractivity contribution >= 4 is 40.4 Å². The van der Waals surface area contributed by atoms with Gasteiger partial charge in [0.2, 0.25) is 0 Å². The number of benzene rings is 1. The number of rotatable bonds is 5. The third kappa shape index (κ3) is 4.21. The molecule has 0 aliphatic carbocycles. The number of aromatic nitrogens is 3. The fourth-order valence-corrected chi connectivity index (χ4v) is 5.56. The lowest BCUT2D eigenvalue weighted by molar-refractivity contribution is 0.0766. The number of nitrogens with one attached hydrogen (secondary N) is 1. The molecule has 2 fully saturated rings. The van der Waals surface area contributed by atoms with E-state index in [9.17, 15) is 4.39 Å². The van der Waals surface area contributed by atoms with Crippen molar-refractivity contribution in [3.05, 3.63) is 53.6 Å². The number of ether oxygens (including phenoxy) is 1. The molecule has 5 rings (SSSR count). The van der Waals surface area contributed by atoms with Gasteiger partial charge >= 0.3 is 0 Å². The molecule has 0 saturated carbocycles. The summed E-state index contributed by atoms with van der Waals surface area (Å²) in [7, 11) is 0. The largest absolute Gasteiger partial charge is 0.379 e. The second-order valence-electron chi connectivity index (χ2n) is 8.23. The Kier molecular flexibility index (Phi) is 6.30. The average molecular weight is 472 g/mol. The topological polar surface area (TPSA) is 54.7 Å². The Bertz CT molecular complexity index is 1130. The Hall–Kier alpha value is -2.23. The van der Waals surface area contributed by atoms with Gasteiger partial charge in [0.05, 0.1) is 24.9 Å². The highest BCUT2D eigenvalue weighted by molar-refractivity contribution is 7.98. The van der Waals surface area contributed by atoms with Crippen LogP contribution in [-0.2, 0) is 4.74 Å². The van der Waals surface area contributed by atoms with Crippen LogP contribution in [0.15, 0.2) is 41.4 Å². The number of thiocarbonyl (C=S) groups is 1. The Labute approximate surface area is 196 Å². The summed E-state index contributed by atoms with van der Waals surface area (Å²) in [6, 6.07) is 9.34. The Morgan fingerprint density at radius 3 is 2.97 bits per heavy atom. The van der Waals surface area contributed by atoms with Crippen LogP contribution in [0.25, 0.3) is 5.65 Å². The molecule has 2 atom stereocenters. The number of nitrogens with zero attached hydrogens (tertiary/aromatic N) is 4. The molecule has 2 aliphatic rings. The first-order valence-electron chi connectivity index (χ1n) is 11.0. The first kappa shape index (κ1) is 21.6. The minimum atomic E-state index is -0.201. The highest BCUT2D eigenvalue weighted by atomic mass is 32.2. The van der Waals surface area contributed by atoms with E-state index >= 15 is 0 Å². The van der Waals surface area contributed by atoms with E-state index in [-0.39, 0.29) is 17.9 Å². The standard InChI is InChI=1S/C23H26FN5OS2/c1-32-20-7-6-15(24)12-17(20)18-5-2-10-28(18)22-9-8-21-25-13-19(29(21)27-22)23(31)26-16-4-3-11-30-14-16/h6-9,12-13,16,18H,2-5,10-11,14H2,1H3,(H,26,31)/t16?,18-/m1/s1. The van der Waals surface area contributed by atoms with E-state index in [0.717, 1.165) is 66.5 Å². The van der Waals surface area contributed by atoms with Crippen LogP contribution in [0.5, 0.6) is 0 Å². The van der Waals surface area contributed by atoms with Crippen molar-refractivity contribution < 1.29 is 9.13 Å². The summed E-state index contributed by atoms with van der Waals surface area (Å²) in [6.07, 6.45) is 7.87. The van der Waals surface area contributed by atoms with Crippen LogP contribution in [-0.4, -0.2) is 51.6 Å². The highest BCUT2D eigenvalue weighted by Gasteiger charge is 2.30. The third-order valence-electron chi connectivity index (χ3n) is 6.17. The van der Waals surface area contributed by atoms with Crippen LogP contribution in [0.2, 0.25) is 0 Å². The van der Waals surface area contributed by atoms with E-state index in [0.29, 0.717) is 11.6 Å². The highest BCUT2D eigenvalue weighted by Crippen LogP contribution is 2.39. The number of halogens is 1. The summed E-state index contributed by atoms with van der Waals surface area (Å²) < 4.78 is 21.5. The predicted octanol–water partition coefficient (Wildman–Crippen LogP) is 4.38. The summed E-state index contributed by atoms with van der Waals surface area (Å²) in [6.45, 7) is 2.35. The molecule has 1 aromatic carbocycles. The summed E-state index contributed by atoms with van der Waals surface area (Å²) in [5.74, 6) is 0.646. The van der Waals surface area contributed by atoms with Gasteiger partial charge in [-0.15, -0.1) is 16.9 Å². The maximum Gasteiger partial charge on any atom is 0.154 e. The molecule has 6 nitrogen and oxygen atoms in total. The molecular weight excluding hydrogens is 445 g/mol. The van der Waals surface area contributed by atoms with Crippen molar-refractivity contribution in [1.29, 1.82) is 0 Å². The van der Waals surface area contributed by atoms with E-state index < -0.39 is 0 Å². The molecule has 0 amide bonds. The zero-order valence-corrected chi connectivity index (χ0v) is 19.6. The monoisotopic (exact) mass is 471 g/mol. The van der Waals surface area contributed by atoms with Gasteiger partial charge in [0.1, 0.15) is 22.3 Å². The number of thioether (sulfide) groups is 1. The molecule has 2 saturated heterocycles. The van der Waals surface area contributed by atoms with Crippen LogP contribution in [0.1, 0.15) is 43.0 Å². The van der Waals surface area contributed by atoms with Gasteiger partial charge < -0.3 is 15.0 Å². The number of imidazole rings is 1. The second-order valence-corrected chi connectivity index (χ2v) is 9.49. The fraction of sp³-hybridized carbons (Fsp3) is 0.435. The lowest BCUT2D eigenvalue weighted by atomic mass is 10.0. The predicted molar refractivity (Wildman–Crippen MR) is 129 cm³/mol. The molecule has 0 spiro atoms. The molecule has 1 unspecified atom stereocenters. The van der Waals surface area contributed by atoms with Crippen molar-refractivity contribution in [3.8, 4) is 0 Å². The van der Waals surface area contributed by atoms with E-state index in [1.165, 1.54) is 6.07 Å². The molecule has 0 bridgehead atoms. The zero-order chi connectivity index (χ0) is 22.1. The quantitative estimate of drug-likeness (QED) is 0.438. The molecule has 32 heavy (non-hydrogen) atoms. The summed E-state index contributed by atoms with van der Waals surface area (Å²) in [4.78, 5) is 8.49. The van der Waals surface area contributed by atoms with E-state index in [1.54, 1.807) is 24.0 Å². The zero-order valence-electron chi connectivity index (χ0n) is 18.0. The smallest absolute Gasteiger partial charge is 0.154 e. The number of fused-ring (bicyclic) bond motifs is 1. The van der Waals surface area contributed by atoms with Crippen molar-refractivity contribution in [3.63, 3.8) is 0 Å². The molecular formula is C23H26FN5OS2. The van der Waals surface area contributed by atoms with Gasteiger partial charge in [-0.1, -0.05) is 12.2 Å². The SMILES string of the molecule is CSc1ccc(F)cc1[C@H]1CCCN1c1ccc2ncc(C(=S)NC3CCCOC3)n2n1. The summed E-state index contributed by atoms with van der Waals surface area (Å²) >= 11 is 7.33. The van der Waals surface area contributed by atoms with Crippen molar-refractivity contribution in [2.45, 2.75) is 42.7 Å². The van der Waals surface area contributed by atoms with Gasteiger partial charge in [-0.3, -0.25) is 0 Å². The molecule has 9 heteroatoms. The first-order valence-corrected chi connectivity index (χ1v) is 12.6. The van der Waals surface area contributed by atoms with Crippen LogP contribution < -0.4 is 10.2 Å². The maximum absolute atomic E-state index is 14.1. The van der Waals surface area contributed by atoms with Crippen molar-refractivity contribution in [2.24, 2.45) is 0 Å². The van der Waals surface area contributed by atoms with Gasteiger partial charge in [-0.2, -0.15) is 0 Å². The van der Waals surface area contributed by atoms with Gasteiger partial charge in [0.15, 0.2) is 5.65 Å². The molecule has 0 radical (unpaired) electrons. The Morgan fingerprint density at radius 1 is 1.25 bits per heavy atom. The van der Waals surface area contributed by atoms with E-state index in [1.807, 2.05) is 29.0 Å². The minimum Gasteiger partial charge on any atom is -0.379 e. The Morgan fingerprint density at radius 2 is 2.16 bits per heavy atom. The summed E-state index contributed by atoms with van der Waals surface area (Å²) in [5, 5.41) is 8.31. The van der Waals surface area contributed by atoms with E-state index in [2.05, 4.69) is 15.2 Å². The Balaban J connectivity index is 1.45. The molecule has 3 aromatic rings. The van der Waals surface area contributed by atoms with E-state index in [4.69, 9.17) is 22.1 Å². The van der Waals surface area contributed by atoms with Gasteiger partial charge in [-0.05, 0) is 67.8 Å². The lowest BCUT2D eigenvalue weighted by Gasteiger charge is -2.27. The molecule has 1 N–H and O–H groups in total. The van der Waals surface area contributed by atoms with Gasteiger partial charge in [0.25, 0.3) is 0 Å². The normalized spacial score (nSPS) is 21.2. The number of hydrogen-bond donors (Lipinski definition) is 1.